The zero-order chi connectivity index (χ0) is 7.94. The maximum atomic E-state index is 5.63. The van der Waals surface area contributed by atoms with Gasteiger partial charge in [-0.2, -0.15) is 0 Å². The van der Waals surface area contributed by atoms with E-state index in [0.717, 1.165) is 0 Å². The Hall–Kier alpha value is -0.0400. The zero-order valence-corrected chi connectivity index (χ0v) is 7.64. The smallest absolute Gasteiger partial charge is 0.0945 e. The summed E-state index contributed by atoms with van der Waals surface area (Å²) >= 11 is 0. The SMILES string of the molecule is CC(C)[C@@H]1O[C@@]1(C)C(C)C. The van der Waals surface area contributed by atoms with Crippen LogP contribution in [0.3, 0.4) is 0 Å². The van der Waals surface area contributed by atoms with Crippen LogP contribution in [0.5, 0.6) is 0 Å². The lowest BCUT2D eigenvalue weighted by molar-refractivity contribution is 0.249. The van der Waals surface area contributed by atoms with Crippen molar-refractivity contribution >= 4 is 0 Å². The highest BCUT2D eigenvalue weighted by Gasteiger charge is 2.55. The fraction of sp³-hybridized carbons (Fsp3) is 1.00. The van der Waals surface area contributed by atoms with Gasteiger partial charge < -0.3 is 4.74 Å². The zero-order valence-electron chi connectivity index (χ0n) is 7.64. The highest BCUT2D eigenvalue weighted by molar-refractivity contribution is 5.02. The molecule has 1 aliphatic heterocycles. The van der Waals surface area contributed by atoms with Gasteiger partial charge in [0.1, 0.15) is 0 Å². The van der Waals surface area contributed by atoms with Crippen LogP contribution in [0.4, 0.5) is 0 Å². The molecule has 0 spiro atoms. The van der Waals surface area contributed by atoms with Gasteiger partial charge in [-0.3, -0.25) is 0 Å². The maximum Gasteiger partial charge on any atom is 0.0945 e. The molecule has 1 saturated heterocycles. The normalized spacial score (nSPS) is 39.3. The molecule has 1 rings (SSSR count). The average molecular weight is 142 g/mol. The number of rotatable bonds is 2. The van der Waals surface area contributed by atoms with E-state index in [4.69, 9.17) is 4.74 Å². The Kier molecular flexibility index (Phi) is 1.80. The second-order valence-corrected chi connectivity index (χ2v) is 4.12. The first-order valence-electron chi connectivity index (χ1n) is 4.16. The van der Waals surface area contributed by atoms with Crippen molar-refractivity contribution in [2.75, 3.05) is 0 Å². The van der Waals surface area contributed by atoms with Gasteiger partial charge >= 0.3 is 0 Å². The fourth-order valence-electron chi connectivity index (χ4n) is 1.50. The van der Waals surface area contributed by atoms with E-state index in [1.807, 2.05) is 0 Å². The molecule has 1 fully saturated rings. The summed E-state index contributed by atoms with van der Waals surface area (Å²) in [5.41, 5.74) is 0.189. The molecule has 1 aliphatic rings. The van der Waals surface area contributed by atoms with Gasteiger partial charge in [-0.25, -0.2) is 0 Å². The van der Waals surface area contributed by atoms with Crippen molar-refractivity contribution in [2.45, 2.75) is 46.3 Å². The third kappa shape index (κ3) is 1.07. The first-order chi connectivity index (χ1) is 4.48. The minimum Gasteiger partial charge on any atom is -0.366 e. The van der Waals surface area contributed by atoms with Crippen LogP contribution in [0, 0.1) is 11.8 Å². The van der Waals surface area contributed by atoms with E-state index in [0.29, 0.717) is 17.9 Å². The maximum absolute atomic E-state index is 5.63. The summed E-state index contributed by atoms with van der Waals surface area (Å²) in [5, 5.41) is 0. The van der Waals surface area contributed by atoms with E-state index < -0.39 is 0 Å². The van der Waals surface area contributed by atoms with Crippen molar-refractivity contribution in [1.82, 2.24) is 0 Å². The van der Waals surface area contributed by atoms with Gasteiger partial charge in [-0.1, -0.05) is 27.7 Å². The number of hydrogen-bond acceptors (Lipinski definition) is 1. The van der Waals surface area contributed by atoms with Gasteiger partial charge in [-0.15, -0.1) is 0 Å². The molecule has 0 N–H and O–H groups in total. The van der Waals surface area contributed by atoms with Crippen molar-refractivity contribution < 1.29 is 4.74 Å². The van der Waals surface area contributed by atoms with Crippen molar-refractivity contribution in [2.24, 2.45) is 11.8 Å². The standard InChI is InChI=1S/C9H18O/c1-6(2)8-9(5,10-8)7(3)4/h6-8H,1-5H3/t8-,9-/m0/s1. The van der Waals surface area contributed by atoms with E-state index in [1.54, 1.807) is 0 Å². The van der Waals surface area contributed by atoms with Gasteiger partial charge in [0.15, 0.2) is 0 Å². The Morgan fingerprint density at radius 3 is 1.80 bits per heavy atom. The van der Waals surface area contributed by atoms with Crippen molar-refractivity contribution in [3.63, 3.8) is 0 Å². The van der Waals surface area contributed by atoms with Crippen LogP contribution in [0.15, 0.2) is 0 Å². The molecule has 0 aromatic rings. The van der Waals surface area contributed by atoms with Gasteiger partial charge in [0.05, 0.1) is 11.7 Å². The number of ether oxygens (including phenoxy) is 1. The topological polar surface area (TPSA) is 12.5 Å². The second-order valence-electron chi connectivity index (χ2n) is 4.12. The summed E-state index contributed by atoms with van der Waals surface area (Å²) < 4.78 is 5.63. The molecular formula is C9H18O. The monoisotopic (exact) mass is 142 g/mol. The summed E-state index contributed by atoms with van der Waals surface area (Å²) in [4.78, 5) is 0. The Balaban J connectivity index is 2.48. The molecule has 0 aliphatic carbocycles. The Morgan fingerprint density at radius 2 is 1.70 bits per heavy atom. The first kappa shape index (κ1) is 8.06. The van der Waals surface area contributed by atoms with E-state index in [1.165, 1.54) is 0 Å². The lowest BCUT2D eigenvalue weighted by atomic mass is 9.89. The molecule has 0 bridgehead atoms. The van der Waals surface area contributed by atoms with Crippen LogP contribution in [0.2, 0.25) is 0 Å². The predicted molar refractivity (Wildman–Crippen MR) is 43.0 cm³/mol. The summed E-state index contributed by atoms with van der Waals surface area (Å²) in [6, 6.07) is 0. The largest absolute Gasteiger partial charge is 0.366 e. The minimum atomic E-state index is 0.189. The van der Waals surface area contributed by atoms with Crippen LogP contribution in [-0.2, 0) is 4.74 Å². The van der Waals surface area contributed by atoms with Crippen molar-refractivity contribution in [3.8, 4) is 0 Å². The summed E-state index contributed by atoms with van der Waals surface area (Å²) in [6.45, 7) is 11.1. The van der Waals surface area contributed by atoms with E-state index in [-0.39, 0.29) is 5.60 Å². The molecule has 0 saturated carbocycles. The van der Waals surface area contributed by atoms with Gasteiger partial charge in [-0.05, 0) is 18.8 Å². The van der Waals surface area contributed by atoms with Crippen molar-refractivity contribution in [3.05, 3.63) is 0 Å². The highest BCUT2D eigenvalue weighted by Crippen LogP contribution is 2.46. The van der Waals surface area contributed by atoms with Gasteiger partial charge in [0, 0.05) is 0 Å². The molecule has 1 heterocycles. The molecule has 0 unspecified atom stereocenters. The van der Waals surface area contributed by atoms with E-state index in [2.05, 4.69) is 34.6 Å². The molecule has 60 valence electrons. The summed E-state index contributed by atoms with van der Waals surface area (Å²) in [6.07, 6.45) is 0.507. The molecule has 0 aromatic carbocycles. The molecule has 10 heavy (non-hydrogen) atoms. The summed E-state index contributed by atoms with van der Waals surface area (Å²) in [7, 11) is 0. The van der Waals surface area contributed by atoms with Crippen LogP contribution in [0.25, 0.3) is 0 Å². The highest BCUT2D eigenvalue weighted by atomic mass is 16.6. The molecule has 0 radical (unpaired) electrons. The number of hydrogen-bond donors (Lipinski definition) is 0. The first-order valence-corrected chi connectivity index (χ1v) is 4.16. The van der Waals surface area contributed by atoms with Crippen molar-refractivity contribution in [1.29, 1.82) is 0 Å². The lowest BCUT2D eigenvalue weighted by Gasteiger charge is -2.11. The predicted octanol–water partition coefficient (Wildman–Crippen LogP) is 2.46. The lowest BCUT2D eigenvalue weighted by Crippen LogP contribution is -2.20. The van der Waals surface area contributed by atoms with Gasteiger partial charge in [0.2, 0.25) is 0 Å². The molecular weight excluding hydrogens is 124 g/mol. The molecule has 0 aromatic heterocycles. The summed E-state index contributed by atoms with van der Waals surface area (Å²) in [5.74, 6) is 1.33. The molecule has 2 atom stereocenters. The molecule has 1 nitrogen and oxygen atoms in total. The minimum absolute atomic E-state index is 0.189. The van der Waals surface area contributed by atoms with Crippen LogP contribution < -0.4 is 0 Å². The fourth-order valence-corrected chi connectivity index (χ4v) is 1.50. The van der Waals surface area contributed by atoms with E-state index >= 15 is 0 Å². The molecule has 1 heteroatoms. The number of epoxide rings is 1. The van der Waals surface area contributed by atoms with E-state index in [9.17, 15) is 0 Å². The Labute approximate surface area is 63.8 Å². The average Bonchev–Trinajstić information content (AvgIpc) is 2.43. The van der Waals surface area contributed by atoms with Crippen LogP contribution in [0.1, 0.15) is 34.6 Å². The van der Waals surface area contributed by atoms with Crippen LogP contribution in [-0.4, -0.2) is 11.7 Å². The Bertz CT molecular complexity index is 129. The quantitative estimate of drug-likeness (QED) is 0.539. The Morgan fingerprint density at radius 1 is 1.20 bits per heavy atom. The molecule has 0 amide bonds. The third-order valence-electron chi connectivity index (χ3n) is 2.64. The van der Waals surface area contributed by atoms with Gasteiger partial charge in [0.25, 0.3) is 0 Å². The van der Waals surface area contributed by atoms with Crippen LogP contribution >= 0.6 is 0 Å². The second kappa shape index (κ2) is 2.23. The third-order valence-corrected chi connectivity index (χ3v) is 2.64.